The van der Waals surface area contributed by atoms with E-state index in [-0.39, 0.29) is 5.75 Å². The molecule has 0 saturated heterocycles. The highest BCUT2D eigenvalue weighted by Crippen LogP contribution is 2.37. The van der Waals surface area contributed by atoms with E-state index in [1.165, 1.54) is 6.26 Å². The minimum Gasteiger partial charge on any atom is -0.493 e. The van der Waals surface area contributed by atoms with Gasteiger partial charge in [-0.25, -0.2) is 8.42 Å². The van der Waals surface area contributed by atoms with E-state index in [1.807, 2.05) is 6.07 Å². The van der Waals surface area contributed by atoms with Gasteiger partial charge in [-0.15, -0.1) is 11.6 Å². The summed E-state index contributed by atoms with van der Waals surface area (Å²) in [6.45, 7) is 0.308. The van der Waals surface area contributed by atoms with Gasteiger partial charge in [-0.05, 0) is 40.0 Å². The third-order valence-electron chi connectivity index (χ3n) is 2.35. The lowest BCUT2D eigenvalue weighted by molar-refractivity contribution is 0.292. The summed E-state index contributed by atoms with van der Waals surface area (Å²) in [6.07, 6.45) is 1.64. The molecule has 1 rings (SSSR count). The first-order valence-corrected chi connectivity index (χ1v) is 8.99. The van der Waals surface area contributed by atoms with Gasteiger partial charge < -0.3 is 9.47 Å². The Balaban J connectivity index is 2.72. The van der Waals surface area contributed by atoms with Crippen LogP contribution in [0.1, 0.15) is 12.0 Å². The SMILES string of the molecule is COc1cc(CCl)cc(Br)c1OCCCS(C)(=O)=O. The normalized spacial score (nSPS) is 11.4. The average molecular weight is 372 g/mol. The molecule has 4 nitrogen and oxygen atoms in total. The van der Waals surface area contributed by atoms with Crippen molar-refractivity contribution in [2.75, 3.05) is 25.7 Å². The van der Waals surface area contributed by atoms with Crippen LogP contribution in [0.5, 0.6) is 11.5 Å². The molecule has 0 atom stereocenters. The predicted octanol–water partition coefficient (Wildman–Crippen LogP) is 3.01. The molecular weight excluding hydrogens is 356 g/mol. The van der Waals surface area contributed by atoms with E-state index in [1.54, 1.807) is 13.2 Å². The molecule has 0 unspecified atom stereocenters. The van der Waals surface area contributed by atoms with E-state index in [0.717, 1.165) is 10.0 Å². The van der Waals surface area contributed by atoms with Crippen molar-refractivity contribution >= 4 is 37.4 Å². The molecule has 0 fully saturated rings. The number of hydrogen-bond donors (Lipinski definition) is 0. The third-order valence-corrected chi connectivity index (χ3v) is 4.28. The van der Waals surface area contributed by atoms with Crippen molar-refractivity contribution in [3.05, 3.63) is 22.2 Å². The highest BCUT2D eigenvalue weighted by atomic mass is 79.9. The molecule has 0 aromatic heterocycles. The van der Waals surface area contributed by atoms with Crippen LogP contribution in [0.2, 0.25) is 0 Å². The van der Waals surface area contributed by atoms with Crippen LogP contribution >= 0.6 is 27.5 Å². The number of methoxy groups -OCH3 is 1. The van der Waals surface area contributed by atoms with E-state index in [4.69, 9.17) is 21.1 Å². The summed E-state index contributed by atoms with van der Waals surface area (Å²) in [7, 11) is -1.41. The molecule has 0 radical (unpaired) electrons. The van der Waals surface area contributed by atoms with Crippen molar-refractivity contribution in [3.63, 3.8) is 0 Å². The third kappa shape index (κ3) is 5.58. The number of sulfone groups is 1. The summed E-state index contributed by atoms with van der Waals surface area (Å²) in [5.41, 5.74) is 0.911. The second-order valence-corrected chi connectivity index (χ2v) is 7.46. The van der Waals surface area contributed by atoms with Crippen molar-refractivity contribution in [1.82, 2.24) is 0 Å². The van der Waals surface area contributed by atoms with Crippen LogP contribution in [0.3, 0.4) is 0 Å². The van der Waals surface area contributed by atoms with Gasteiger partial charge in [0.2, 0.25) is 0 Å². The van der Waals surface area contributed by atoms with Gasteiger partial charge in [0.05, 0.1) is 23.9 Å². The van der Waals surface area contributed by atoms with E-state index in [2.05, 4.69) is 15.9 Å². The smallest absolute Gasteiger partial charge is 0.175 e. The highest BCUT2D eigenvalue weighted by molar-refractivity contribution is 9.10. The molecule has 7 heteroatoms. The molecule has 0 aliphatic heterocycles. The maximum atomic E-state index is 11.0. The summed E-state index contributed by atoms with van der Waals surface area (Å²) in [4.78, 5) is 0. The first-order chi connectivity index (χ1) is 8.87. The zero-order chi connectivity index (χ0) is 14.5. The van der Waals surface area contributed by atoms with Crippen LogP contribution in [0.25, 0.3) is 0 Å². The Morgan fingerprint density at radius 3 is 2.58 bits per heavy atom. The number of hydrogen-bond acceptors (Lipinski definition) is 4. The second-order valence-electron chi connectivity index (χ2n) is 4.07. The van der Waals surface area contributed by atoms with Crippen molar-refractivity contribution in [3.8, 4) is 11.5 Å². The summed E-state index contributed by atoms with van der Waals surface area (Å²) in [5, 5.41) is 0. The Morgan fingerprint density at radius 1 is 1.37 bits per heavy atom. The minimum absolute atomic E-state index is 0.104. The molecule has 0 saturated carbocycles. The maximum Gasteiger partial charge on any atom is 0.175 e. The monoisotopic (exact) mass is 370 g/mol. The first kappa shape index (κ1) is 16.6. The Bertz CT molecular complexity index is 531. The molecule has 108 valence electrons. The Hall–Kier alpha value is -0.460. The van der Waals surface area contributed by atoms with Gasteiger partial charge in [-0.1, -0.05) is 0 Å². The molecule has 0 amide bonds. The molecule has 0 bridgehead atoms. The zero-order valence-corrected chi connectivity index (χ0v) is 13.9. The summed E-state index contributed by atoms with van der Waals surface area (Å²) in [6, 6.07) is 3.64. The van der Waals surface area contributed by atoms with Crippen LogP contribution in [0, 0.1) is 0 Å². The Morgan fingerprint density at radius 2 is 2.05 bits per heavy atom. The van der Waals surface area contributed by atoms with Crippen LogP contribution in [-0.4, -0.2) is 34.1 Å². The summed E-state index contributed by atoms with van der Waals surface area (Å²) >= 11 is 9.16. The number of alkyl halides is 1. The molecule has 0 aliphatic rings. The molecule has 1 aromatic rings. The number of halogens is 2. The Kier molecular flexibility index (Phi) is 6.42. The van der Waals surface area contributed by atoms with Crippen molar-refractivity contribution < 1.29 is 17.9 Å². The van der Waals surface area contributed by atoms with Crippen LogP contribution in [-0.2, 0) is 15.7 Å². The van der Waals surface area contributed by atoms with Gasteiger partial charge in [-0.2, -0.15) is 0 Å². The van der Waals surface area contributed by atoms with Crippen LogP contribution in [0.15, 0.2) is 16.6 Å². The molecule has 0 aliphatic carbocycles. The van der Waals surface area contributed by atoms with Gasteiger partial charge >= 0.3 is 0 Å². The van der Waals surface area contributed by atoms with Crippen LogP contribution < -0.4 is 9.47 Å². The largest absolute Gasteiger partial charge is 0.493 e. The average Bonchev–Trinajstić information content (AvgIpc) is 2.34. The van der Waals surface area contributed by atoms with Crippen LogP contribution in [0.4, 0.5) is 0 Å². The van der Waals surface area contributed by atoms with Gasteiger partial charge in [-0.3, -0.25) is 0 Å². The fraction of sp³-hybridized carbons (Fsp3) is 0.500. The van der Waals surface area contributed by atoms with E-state index < -0.39 is 9.84 Å². The van der Waals surface area contributed by atoms with E-state index >= 15 is 0 Å². The molecular formula is C12H16BrClO4S. The molecule has 1 aromatic carbocycles. The highest BCUT2D eigenvalue weighted by Gasteiger charge is 2.12. The lowest BCUT2D eigenvalue weighted by Crippen LogP contribution is -2.08. The minimum atomic E-state index is -2.96. The fourth-order valence-electron chi connectivity index (χ4n) is 1.49. The van der Waals surface area contributed by atoms with E-state index in [0.29, 0.717) is 30.4 Å². The summed E-state index contributed by atoms with van der Waals surface area (Å²) < 4.78 is 33.6. The first-order valence-electron chi connectivity index (χ1n) is 5.60. The topological polar surface area (TPSA) is 52.6 Å². The number of rotatable bonds is 7. The van der Waals surface area contributed by atoms with Crippen molar-refractivity contribution in [2.45, 2.75) is 12.3 Å². The quantitative estimate of drug-likeness (QED) is 0.546. The lowest BCUT2D eigenvalue weighted by atomic mass is 10.2. The van der Waals surface area contributed by atoms with Gasteiger partial charge in [0.1, 0.15) is 9.84 Å². The lowest BCUT2D eigenvalue weighted by Gasteiger charge is -2.13. The molecule has 19 heavy (non-hydrogen) atoms. The predicted molar refractivity (Wildman–Crippen MR) is 80.1 cm³/mol. The van der Waals surface area contributed by atoms with Gasteiger partial charge in [0.25, 0.3) is 0 Å². The number of benzene rings is 1. The van der Waals surface area contributed by atoms with Gasteiger partial charge in [0, 0.05) is 12.1 Å². The zero-order valence-electron chi connectivity index (χ0n) is 10.8. The maximum absolute atomic E-state index is 11.0. The van der Waals surface area contributed by atoms with E-state index in [9.17, 15) is 8.42 Å². The molecule has 0 spiro atoms. The Labute approximate surface area is 127 Å². The molecule has 0 heterocycles. The fourth-order valence-corrected chi connectivity index (χ4v) is 2.89. The second kappa shape index (κ2) is 7.36. The molecule has 0 N–H and O–H groups in total. The standard InChI is InChI=1S/C12H16BrClO4S/c1-17-11-7-9(8-14)6-10(13)12(11)18-4-3-5-19(2,15)16/h6-7H,3-5,8H2,1-2H3. The number of ether oxygens (including phenoxy) is 2. The summed E-state index contributed by atoms with van der Waals surface area (Å²) in [5.74, 6) is 1.62. The van der Waals surface area contributed by atoms with Crippen molar-refractivity contribution in [2.24, 2.45) is 0 Å². The van der Waals surface area contributed by atoms with Crippen molar-refractivity contribution in [1.29, 1.82) is 0 Å². The van der Waals surface area contributed by atoms with Gasteiger partial charge in [0.15, 0.2) is 11.5 Å².